The first-order valence-electron chi connectivity index (χ1n) is 9.36. The summed E-state index contributed by atoms with van der Waals surface area (Å²) in [4.78, 5) is 40.0. The summed E-state index contributed by atoms with van der Waals surface area (Å²) in [5.74, 6) is -0.763. The fourth-order valence-electron chi connectivity index (χ4n) is 3.95. The number of piperazine rings is 1. The lowest BCUT2D eigenvalue weighted by Gasteiger charge is -2.36. The topological polar surface area (TPSA) is 87.2 Å². The molecule has 0 spiro atoms. The van der Waals surface area contributed by atoms with Crippen molar-refractivity contribution in [3.63, 3.8) is 0 Å². The van der Waals surface area contributed by atoms with E-state index in [4.69, 9.17) is 9.84 Å². The molecule has 1 heterocycles. The number of carboxylic acids is 1. The Labute approximate surface area is 158 Å². The molecule has 27 heavy (non-hydrogen) atoms. The van der Waals surface area contributed by atoms with E-state index in [0.717, 1.165) is 5.56 Å². The molecule has 7 nitrogen and oxygen atoms in total. The Bertz CT molecular complexity index is 740. The number of benzene rings is 1. The van der Waals surface area contributed by atoms with Crippen molar-refractivity contribution >= 4 is 17.8 Å². The number of aryl methyl sites for hydroxylation is 1. The van der Waals surface area contributed by atoms with Gasteiger partial charge in [0.1, 0.15) is 5.75 Å². The van der Waals surface area contributed by atoms with E-state index in [1.54, 1.807) is 29.0 Å². The molecule has 0 radical (unpaired) electrons. The van der Waals surface area contributed by atoms with Crippen LogP contribution in [-0.4, -0.2) is 66.0 Å². The number of carbonyl (C=O) groups is 3. The number of carboxylic acid groups (broad SMARTS) is 1. The molecule has 1 saturated heterocycles. The number of methoxy groups -OCH3 is 1. The Morgan fingerprint density at radius 1 is 1.04 bits per heavy atom. The van der Waals surface area contributed by atoms with E-state index < -0.39 is 11.9 Å². The highest BCUT2D eigenvalue weighted by molar-refractivity contribution is 5.95. The summed E-state index contributed by atoms with van der Waals surface area (Å²) in [7, 11) is 1.58. The molecular formula is C20H26N2O5. The minimum atomic E-state index is -0.811. The Balaban J connectivity index is 1.56. The van der Waals surface area contributed by atoms with Gasteiger partial charge in [0.15, 0.2) is 0 Å². The standard InChI is InChI=1S/C20H26N2O5/c1-13-3-4-15(12-17(13)27-2)19(24)22-9-7-21(8-10-22)18(23)14-5-6-16(11-14)20(25)26/h3-4,12,14,16H,5-11H2,1-2H3,(H,25,26)/t14-,16+/m1/s1. The highest BCUT2D eigenvalue weighted by atomic mass is 16.5. The first-order chi connectivity index (χ1) is 12.9. The minimum absolute atomic E-state index is 0.0304. The van der Waals surface area contributed by atoms with E-state index in [1.807, 2.05) is 13.0 Å². The smallest absolute Gasteiger partial charge is 0.306 e. The number of nitrogens with zero attached hydrogens (tertiary/aromatic N) is 2. The first-order valence-corrected chi connectivity index (χ1v) is 9.36. The largest absolute Gasteiger partial charge is 0.496 e. The van der Waals surface area contributed by atoms with Crippen LogP contribution in [0, 0.1) is 18.8 Å². The fraction of sp³-hybridized carbons (Fsp3) is 0.550. The highest BCUT2D eigenvalue weighted by Crippen LogP contribution is 2.32. The van der Waals surface area contributed by atoms with Crippen LogP contribution in [0.5, 0.6) is 5.75 Å². The molecule has 1 aliphatic carbocycles. The summed E-state index contributed by atoms with van der Waals surface area (Å²) in [5, 5.41) is 9.10. The number of aliphatic carboxylic acids is 1. The summed E-state index contributed by atoms with van der Waals surface area (Å²) in [6.45, 7) is 3.87. The Hall–Kier alpha value is -2.57. The molecule has 146 valence electrons. The lowest BCUT2D eigenvalue weighted by molar-refractivity contribution is -0.142. The number of hydrogen-bond donors (Lipinski definition) is 1. The van der Waals surface area contributed by atoms with E-state index >= 15 is 0 Å². The van der Waals surface area contributed by atoms with Gasteiger partial charge in [-0.3, -0.25) is 14.4 Å². The number of hydrogen-bond acceptors (Lipinski definition) is 4. The van der Waals surface area contributed by atoms with Gasteiger partial charge >= 0.3 is 5.97 Å². The zero-order valence-electron chi connectivity index (χ0n) is 15.8. The minimum Gasteiger partial charge on any atom is -0.496 e. The molecular weight excluding hydrogens is 348 g/mol. The molecule has 1 aliphatic heterocycles. The average Bonchev–Trinajstić information content (AvgIpc) is 3.18. The van der Waals surface area contributed by atoms with Crippen molar-refractivity contribution in [1.82, 2.24) is 9.80 Å². The van der Waals surface area contributed by atoms with Gasteiger partial charge in [-0.1, -0.05) is 6.07 Å². The van der Waals surface area contributed by atoms with Crippen molar-refractivity contribution in [2.45, 2.75) is 26.2 Å². The molecule has 1 aromatic carbocycles. The number of ether oxygens (including phenoxy) is 1. The van der Waals surface area contributed by atoms with Crippen LogP contribution in [0.3, 0.4) is 0 Å². The number of carbonyl (C=O) groups excluding carboxylic acids is 2. The summed E-state index contributed by atoms with van der Waals surface area (Å²) in [6, 6.07) is 5.41. The van der Waals surface area contributed by atoms with Crippen molar-refractivity contribution in [3.8, 4) is 5.75 Å². The fourth-order valence-corrected chi connectivity index (χ4v) is 3.95. The SMILES string of the molecule is COc1cc(C(=O)N2CCN(C(=O)[C@@H]3CC[C@H](C(=O)O)C3)CC2)ccc1C. The zero-order chi connectivity index (χ0) is 19.6. The van der Waals surface area contributed by atoms with Crippen LogP contribution < -0.4 is 4.74 Å². The van der Waals surface area contributed by atoms with Gasteiger partial charge < -0.3 is 19.6 Å². The molecule has 7 heteroatoms. The van der Waals surface area contributed by atoms with Crippen LogP contribution in [0.4, 0.5) is 0 Å². The Morgan fingerprint density at radius 2 is 1.67 bits per heavy atom. The molecule has 1 aromatic rings. The molecule has 2 atom stereocenters. The molecule has 2 amide bonds. The van der Waals surface area contributed by atoms with Crippen LogP contribution >= 0.6 is 0 Å². The van der Waals surface area contributed by atoms with Crippen LogP contribution in [0.2, 0.25) is 0 Å². The second-order valence-electron chi connectivity index (χ2n) is 7.35. The van der Waals surface area contributed by atoms with Crippen LogP contribution in [0.15, 0.2) is 18.2 Å². The monoisotopic (exact) mass is 374 g/mol. The first kappa shape index (κ1) is 19.2. The van der Waals surface area contributed by atoms with E-state index in [9.17, 15) is 14.4 Å². The molecule has 1 saturated carbocycles. The molecule has 0 bridgehead atoms. The van der Waals surface area contributed by atoms with E-state index in [0.29, 0.717) is 56.8 Å². The molecule has 0 aromatic heterocycles. The molecule has 0 unspecified atom stereocenters. The van der Waals surface area contributed by atoms with Gasteiger partial charge in [-0.15, -0.1) is 0 Å². The predicted molar refractivity (Wildman–Crippen MR) is 98.7 cm³/mol. The number of amides is 2. The summed E-state index contributed by atoms with van der Waals surface area (Å²) in [6.07, 6.45) is 1.63. The van der Waals surface area contributed by atoms with Gasteiger partial charge in [-0.05, 0) is 43.9 Å². The van der Waals surface area contributed by atoms with Crippen molar-refractivity contribution in [2.24, 2.45) is 11.8 Å². The molecule has 2 fully saturated rings. The van der Waals surface area contributed by atoms with Crippen LogP contribution in [0.1, 0.15) is 35.2 Å². The molecule has 3 rings (SSSR count). The average molecular weight is 374 g/mol. The van der Waals surface area contributed by atoms with Gasteiger partial charge in [0.05, 0.1) is 13.0 Å². The Kier molecular flexibility index (Phi) is 5.68. The lowest BCUT2D eigenvalue weighted by atomic mass is 10.0. The lowest BCUT2D eigenvalue weighted by Crippen LogP contribution is -2.51. The van der Waals surface area contributed by atoms with E-state index in [-0.39, 0.29) is 17.7 Å². The van der Waals surface area contributed by atoms with Gasteiger partial charge in [-0.25, -0.2) is 0 Å². The third kappa shape index (κ3) is 4.07. The Morgan fingerprint density at radius 3 is 2.26 bits per heavy atom. The third-order valence-corrected chi connectivity index (χ3v) is 5.66. The summed E-state index contributed by atoms with van der Waals surface area (Å²) < 4.78 is 5.29. The summed E-state index contributed by atoms with van der Waals surface area (Å²) >= 11 is 0. The predicted octanol–water partition coefficient (Wildman–Crippen LogP) is 1.79. The van der Waals surface area contributed by atoms with E-state index in [2.05, 4.69) is 0 Å². The zero-order valence-corrected chi connectivity index (χ0v) is 15.8. The molecule has 1 N–H and O–H groups in total. The normalized spacial score (nSPS) is 22.6. The second kappa shape index (κ2) is 7.98. The molecule has 2 aliphatic rings. The highest BCUT2D eigenvalue weighted by Gasteiger charge is 2.37. The number of rotatable bonds is 4. The van der Waals surface area contributed by atoms with E-state index in [1.165, 1.54) is 0 Å². The van der Waals surface area contributed by atoms with Gasteiger partial charge in [0.2, 0.25) is 5.91 Å². The van der Waals surface area contributed by atoms with Crippen LogP contribution in [0.25, 0.3) is 0 Å². The van der Waals surface area contributed by atoms with Crippen molar-refractivity contribution in [2.75, 3.05) is 33.3 Å². The van der Waals surface area contributed by atoms with Crippen LogP contribution in [-0.2, 0) is 9.59 Å². The van der Waals surface area contributed by atoms with Gasteiger partial charge in [0, 0.05) is 37.7 Å². The van der Waals surface area contributed by atoms with Gasteiger partial charge in [0.25, 0.3) is 5.91 Å². The van der Waals surface area contributed by atoms with Gasteiger partial charge in [-0.2, -0.15) is 0 Å². The maximum Gasteiger partial charge on any atom is 0.306 e. The van der Waals surface area contributed by atoms with Crippen molar-refractivity contribution in [3.05, 3.63) is 29.3 Å². The maximum atomic E-state index is 12.7. The summed E-state index contributed by atoms with van der Waals surface area (Å²) in [5.41, 5.74) is 1.55. The van der Waals surface area contributed by atoms with Crippen molar-refractivity contribution in [1.29, 1.82) is 0 Å². The van der Waals surface area contributed by atoms with Crippen molar-refractivity contribution < 1.29 is 24.2 Å². The second-order valence-corrected chi connectivity index (χ2v) is 7.35. The third-order valence-electron chi connectivity index (χ3n) is 5.66. The quantitative estimate of drug-likeness (QED) is 0.868. The maximum absolute atomic E-state index is 12.7.